The second kappa shape index (κ2) is 5.61. The summed E-state index contributed by atoms with van der Waals surface area (Å²) in [6.45, 7) is 2.04. The molecule has 1 heterocycles. The van der Waals surface area contributed by atoms with E-state index in [0.717, 1.165) is 21.8 Å². The number of aromatic nitrogens is 2. The van der Waals surface area contributed by atoms with Crippen LogP contribution in [-0.2, 0) is 5.75 Å². The van der Waals surface area contributed by atoms with E-state index in [-0.39, 0.29) is 0 Å². The lowest BCUT2D eigenvalue weighted by molar-refractivity contribution is 0.0696. The van der Waals surface area contributed by atoms with Gasteiger partial charge in [-0.15, -0.1) is 0 Å². The van der Waals surface area contributed by atoms with Crippen LogP contribution < -0.4 is 0 Å². The molecule has 0 fully saturated rings. The average Bonchev–Trinajstić information content (AvgIpc) is 2.87. The number of carboxylic acid groups (broad SMARTS) is 1. The number of hydrogen-bond acceptors (Lipinski definition) is 3. The Morgan fingerprint density at radius 2 is 2.10 bits per heavy atom. The van der Waals surface area contributed by atoms with E-state index >= 15 is 0 Å². The van der Waals surface area contributed by atoms with Crippen LogP contribution >= 0.6 is 11.8 Å². The second-order valence-electron chi connectivity index (χ2n) is 4.81. The number of imidazole rings is 1. The SMILES string of the molecule is Cc1ccc2nc(SCc3ccccc3C(=O)O)[nH]c2c1. The molecule has 0 aliphatic heterocycles. The van der Waals surface area contributed by atoms with Crippen LogP contribution in [0, 0.1) is 6.92 Å². The van der Waals surface area contributed by atoms with Crippen molar-refractivity contribution in [2.24, 2.45) is 0 Å². The van der Waals surface area contributed by atoms with Crippen molar-refractivity contribution in [3.8, 4) is 0 Å². The van der Waals surface area contributed by atoms with Crippen LogP contribution in [0.15, 0.2) is 47.6 Å². The summed E-state index contributed by atoms with van der Waals surface area (Å²) >= 11 is 1.51. The van der Waals surface area contributed by atoms with Gasteiger partial charge in [0.25, 0.3) is 0 Å². The molecule has 3 rings (SSSR count). The maximum atomic E-state index is 11.2. The molecule has 1 aromatic heterocycles. The number of fused-ring (bicyclic) bond motifs is 1. The number of benzene rings is 2. The number of carbonyl (C=O) groups is 1. The van der Waals surface area contributed by atoms with Crippen molar-refractivity contribution in [3.05, 3.63) is 59.2 Å². The quantitative estimate of drug-likeness (QED) is 0.718. The number of rotatable bonds is 4. The minimum Gasteiger partial charge on any atom is -0.478 e. The molecule has 0 saturated carbocycles. The van der Waals surface area contributed by atoms with Crippen molar-refractivity contribution in [1.29, 1.82) is 0 Å². The molecule has 106 valence electrons. The zero-order valence-corrected chi connectivity index (χ0v) is 12.3. The van der Waals surface area contributed by atoms with Crippen molar-refractivity contribution in [3.63, 3.8) is 0 Å². The summed E-state index contributed by atoms with van der Waals surface area (Å²) in [5.74, 6) is -0.326. The van der Waals surface area contributed by atoms with Gasteiger partial charge in [-0.2, -0.15) is 0 Å². The molecule has 0 amide bonds. The highest BCUT2D eigenvalue weighted by atomic mass is 32.2. The Morgan fingerprint density at radius 1 is 1.29 bits per heavy atom. The Hall–Kier alpha value is -2.27. The van der Waals surface area contributed by atoms with Gasteiger partial charge in [-0.25, -0.2) is 9.78 Å². The normalized spacial score (nSPS) is 10.9. The largest absolute Gasteiger partial charge is 0.478 e. The number of carboxylic acids is 1. The van der Waals surface area contributed by atoms with E-state index in [4.69, 9.17) is 0 Å². The molecule has 21 heavy (non-hydrogen) atoms. The summed E-state index contributed by atoms with van der Waals surface area (Å²) in [7, 11) is 0. The maximum absolute atomic E-state index is 11.2. The number of hydrogen-bond donors (Lipinski definition) is 2. The lowest BCUT2D eigenvalue weighted by Gasteiger charge is -2.03. The molecule has 0 aliphatic carbocycles. The topological polar surface area (TPSA) is 66.0 Å². The molecule has 2 N–H and O–H groups in total. The first kappa shape index (κ1) is 13.7. The van der Waals surface area contributed by atoms with Gasteiger partial charge in [0.1, 0.15) is 0 Å². The standard InChI is InChI=1S/C16H14N2O2S/c1-10-6-7-13-14(8-10)18-16(17-13)21-9-11-4-2-3-5-12(11)15(19)20/h2-8H,9H2,1H3,(H,17,18)(H,19,20). The van der Waals surface area contributed by atoms with Gasteiger partial charge >= 0.3 is 5.97 Å². The first-order chi connectivity index (χ1) is 10.1. The maximum Gasteiger partial charge on any atom is 0.335 e. The molecule has 5 heteroatoms. The van der Waals surface area contributed by atoms with E-state index < -0.39 is 5.97 Å². The number of aromatic amines is 1. The Labute approximate surface area is 126 Å². The van der Waals surface area contributed by atoms with Crippen LogP contribution in [-0.4, -0.2) is 21.0 Å². The molecule has 4 nitrogen and oxygen atoms in total. The summed E-state index contributed by atoms with van der Waals surface area (Å²) in [6, 6.07) is 13.1. The highest BCUT2D eigenvalue weighted by Gasteiger charge is 2.10. The van der Waals surface area contributed by atoms with E-state index in [2.05, 4.69) is 16.0 Å². The Bertz CT molecular complexity index is 811. The first-order valence-electron chi connectivity index (χ1n) is 6.54. The van der Waals surface area contributed by atoms with Gasteiger partial charge < -0.3 is 10.1 Å². The second-order valence-corrected chi connectivity index (χ2v) is 5.78. The van der Waals surface area contributed by atoms with E-state index in [9.17, 15) is 9.90 Å². The Morgan fingerprint density at radius 3 is 2.90 bits per heavy atom. The van der Waals surface area contributed by atoms with Gasteiger partial charge in [0, 0.05) is 5.75 Å². The predicted octanol–water partition coefficient (Wildman–Crippen LogP) is 3.86. The van der Waals surface area contributed by atoms with Gasteiger partial charge in [-0.3, -0.25) is 0 Å². The third-order valence-electron chi connectivity index (χ3n) is 3.23. The fourth-order valence-corrected chi connectivity index (χ4v) is 3.06. The Balaban J connectivity index is 1.82. The lowest BCUT2D eigenvalue weighted by atomic mass is 10.1. The van der Waals surface area contributed by atoms with Gasteiger partial charge in [-0.05, 0) is 36.2 Å². The van der Waals surface area contributed by atoms with Crippen molar-refractivity contribution in [2.75, 3.05) is 0 Å². The van der Waals surface area contributed by atoms with Crippen molar-refractivity contribution >= 4 is 28.8 Å². The molecule has 0 bridgehead atoms. The highest BCUT2D eigenvalue weighted by Crippen LogP contribution is 2.25. The number of nitrogens with one attached hydrogen (secondary N) is 1. The van der Waals surface area contributed by atoms with Gasteiger partial charge in [0.15, 0.2) is 5.16 Å². The summed E-state index contributed by atoms with van der Waals surface area (Å²) < 4.78 is 0. The zero-order chi connectivity index (χ0) is 14.8. The summed E-state index contributed by atoms with van der Waals surface area (Å²) in [5.41, 5.74) is 4.25. The predicted molar refractivity (Wildman–Crippen MR) is 83.8 cm³/mol. The molecule has 0 atom stereocenters. The third-order valence-corrected chi connectivity index (χ3v) is 4.15. The highest BCUT2D eigenvalue weighted by molar-refractivity contribution is 7.98. The first-order valence-corrected chi connectivity index (χ1v) is 7.52. The third kappa shape index (κ3) is 2.92. The minimum atomic E-state index is -0.897. The number of H-pyrrole nitrogens is 1. The summed E-state index contributed by atoms with van der Waals surface area (Å²) in [4.78, 5) is 18.9. The average molecular weight is 298 g/mol. The van der Waals surface area contributed by atoms with E-state index in [1.807, 2.05) is 31.2 Å². The van der Waals surface area contributed by atoms with Crippen molar-refractivity contribution < 1.29 is 9.90 Å². The minimum absolute atomic E-state index is 0.344. The van der Waals surface area contributed by atoms with E-state index in [1.54, 1.807) is 12.1 Å². The van der Waals surface area contributed by atoms with Crippen molar-refractivity contribution in [1.82, 2.24) is 9.97 Å². The van der Waals surface area contributed by atoms with Crippen molar-refractivity contribution in [2.45, 2.75) is 17.8 Å². The van der Waals surface area contributed by atoms with Crippen LogP contribution in [0.5, 0.6) is 0 Å². The fourth-order valence-electron chi connectivity index (χ4n) is 2.17. The van der Waals surface area contributed by atoms with E-state index in [0.29, 0.717) is 11.3 Å². The van der Waals surface area contributed by atoms with Crippen LogP contribution in [0.3, 0.4) is 0 Å². The smallest absolute Gasteiger partial charge is 0.335 e. The molecule has 0 radical (unpaired) electrons. The molecule has 0 saturated heterocycles. The molecule has 0 unspecified atom stereocenters. The molecule has 0 spiro atoms. The van der Waals surface area contributed by atoms with Gasteiger partial charge in [0.2, 0.25) is 0 Å². The van der Waals surface area contributed by atoms with E-state index in [1.165, 1.54) is 17.3 Å². The van der Waals surface area contributed by atoms with Crippen LogP contribution in [0.25, 0.3) is 11.0 Å². The summed E-state index contributed by atoms with van der Waals surface area (Å²) in [6.07, 6.45) is 0. The summed E-state index contributed by atoms with van der Waals surface area (Å²) in [5, 5.41) is 9.98. The molecule has 2 aromatic carbocycles. The number of aryl methyl sites for hydroxylation is 1. The number of nitrogens with zero attached hydrogens (tertiary/aromatic N) is 1. The number of aromatic carboxylic acids is 1. The van der Waals surface area contributed by atoms with Crippen LogP contribution in [0.1, 0.15) is 21.5 Å². The molecular formula is C16H14N2O2S. The van der Waals surface area contributed by atoms with Crippen LogP contribution in [0.2, 0.25) is 0 Å². The van der Waals surface area contributed by atoms with Crippen LogP contribution in [0.4, 0.5) is 0 Å². The number of thioether (sulfide) groups is 1. The zero-order valence-electron chi connectivity index (χ0n) is 11.5. The molecule has 0 aliphatic rings. The molecular weight excluding hydrogens is 284 g/mol. The monoisotopic (exact) mass is 298 g/mol. The fraction of sp³-hybridized carbons (Fsp3) is 0.125. The lowest BCUT2D eigenvalue weighted by Crippen LogP contribution is -2.00. The Kier molecular flexibility index (Phi) is 3.66. The van der Waals surface area contributed by atoms with Gasteiger partial charge in [-0.1, -0.05) is 36.0 Å². The van der Waals surface area contributed by atoms with Gasteiger partial charge in [0.05, 0.1) is 16.6 Å². The molecule has 3 aromatic rings.